The van der Waals surface area contributed by atoms with E-state index in [2.05, 4.69) is 9.55 Å². The Bertz CT molecular complexity index is 1250. The summed E-state index contributed by atoms with van der Waals surface area (Å²) in [5, 5.41) is 7.74. The number of rotatable bonds is 4. The van der Waals surface area contributed by atoms with Gasteiger partial charge in [0.2, 0.25) is 5.91 Å². The number of hydrogen-bond donors (Lipinski definition) is 2. The molecule has 1 amide bonds. The molecule has 3 N–H and O–H groups in total. The molecule has 1 aromatic heterocycles. The number of carboxylic acids is 1. The van der Waals surface area contributed by atoms with E-state index in [-0.39, 0.29) is 24.3 Å². The lowest BCUT2D eigenvalue weighted by atomic mass is 10.0. The number of nitrogens with zero attached hydrogens (tertiary/aromatic N) is 3. The minimum Gasteiger partial charge on any atom is -0.475 e. The average Bonchev–Trinajstić information content (AvgIpc) is 3.15. The lowest BCUT2D eigenvalue weighted by Crippen LogP contribution is -2.47. The Morgan fingerprint density at radius 3 is 2.49 bits per heavy atom. The van der Waals surface area contributed by atoms with Gasteiger partial charge in [0, 0.05) is 18.1 Å². The summed E-state index contributed by atoms with van der Waals surface area (Å²) in [6.45, 7) is 1.49. The molecule has 0 unspecified atom stereocenters. The maximum Gasteiger partial charge on any atom is 0.490 e. The third-order valence-electron chi connectivity index (χ3n) is 5.32. The van der Waals surface area contributed by atoms with Crippen molar-refractivity contribution in [2.45, 2.75) is 38.1 Å². The van der Waals surface area contributed by atoms with Crippen molar-refractivity contribution in [2.75, 3.05) is 6.54 Å². The summed E-state index contributed by atoms with van der Waals surface area (Å²) >= 11 is 6.03. The Labute approximate surface area is 200 Å². The number of aliphatic carboxylic acids is 1. The smallest absolute Gasteiger partial charge is 0.475 e. The molecule has 0 radical (unpaired) electrons. The molecule has 0 spiro atoms. The Morgan fingerprint density at radius 1 is 1.14 bits per heavy atom. The first kappa shape index (κ1) is 26.4. The molecule has 35 heavy (non-hydrogen) atoms. The fourth-order valence-electron chi connectivity index (χ4n) is 3.59. The van der Waals surface area contributed by atoms with E-state index in [1.54, 1.807) is 11.0 Å². The van der Waals surface area contributed by atoms with Crippen molar-refractivity contribution < 1.29 is 36.6 Å². The van der Waals surface area contributed by atoms with E-state index < -0.39 is 29.8 Å². The van der Waals surface area contributed by atoms with E-state index >= 15 is 0 Å². The highest BCUT2D eigenvalue weighted by atomic mass is 35.5. The number of imidazole rings is 1. The Balaban J connectivity index is 0.000000429. The van der Waals surface area contributed by atoms with Crippen LogP contribution in [0.15, 0.2) is 36.4 Å². The van der Waals surface area contributed by atoms with Gasteiger partial charge >= 0.3 is 12.1 Å². The zero-order chi connectivity index (χ0) is 25.9. The summed E-state index contributed by atoms with van der Waals surface area (Å²) in [5.74, 6) is -3.20. The number of amides is 1. The maximum atomic E-state index is 13.7. The molecule has 4 rings (SSSR count). The molecule has 1 aliphatic rings. The third-order valence-corrected chi connectivity index (χ3v) is 5.55. The number of carbonyl (C=O) groups excluding carboxylic acids is 1. The molecule has 0 aliphatic carbocycles. The van der Waals surface area contributed by atoms with Crippen molar-refractivity contribution in [3.63, 3.8) is 0 Å². The summed E-state index contributed by atoms with van der Waals surface area (Å²) in [6.07, 6.45) is -4.65. The Hall–Kier alpha value is -3.25. The van der Waals surface area contributed by atoms with E-state index in [1.165, 1.54) is 0 Å². The minimum atomic E-state index is -5.08. The summed E-state index contributed by atoms with van der Waals surface area (Å²) in [7, 11) is 0. The highest BCUT2D eigenvalue weighted by Gasteiger charge is 2.38. The van der Waals surface area contributed by atoms with Gasteiger partial charge in [-0.1, -0.05) is 11.6 Å². The van der Waals surface area contributed by atoms with Crippen LogP contribution in [0.25, 0.3) is 11.0 Å². The summed E-state index contributed by atoms with van der Waals surface area (Å²) in [6, 6.07) is 8.04. The first-order valence-electron chi connectivity index (χ1n) is 10.3. The molecule has 188 valence electrons. The van der Waals surface area contributed by atoms with E-state index in [0.29, 0.717) is 24.7 Å². The molecule has 1 atom stereocenters. The van der Waals surface area contributed by atoms with Crippen LogP contribution in [0.3, 0.4) is 0 Å². The van der Waals surface area contributed by atoms with E-state index in [4.69, 9.17) is 27.2 Å². The van der Waals surface area contributed by atoms with E-state index in [0.717, 1.165) is 35.1 Å². The standard InChI is InChI=1S/C20H19ClF2N4O.C2HF3O2/c21-13-2-6-18-17(10-13)25-19-11-26(7-8-27(18)19)20(28)16(24)5-1-12-9-14(22)3-4-15(12)23;3-2(4,5)1(6)7/h2-4,6,9-10,16H,1,5,7-8,11,24H2;(H,6,7)/t16-;/m1./s1. The quantitative estimate of drug-likeness (QED) is 0.510. The zero-order valence-corrected chi connectivity index (χ0v) is 18.8. The molecular formula is C22H20ClF5N4O3. The number of carboxylic acid groups (broad SMARTS) is 1. The summed E-state index contributed by atoms with van der Waals surface area (Å²) in [4.78, 5) is 27.9. The maximum absolute atomic E-state index is 13.7. The summed E-state index contributed by atoms with van der Waals surface area (Å²) < 4.78 is 60.8. The van der Waals surface area contributed by atoms with Gasteiger partial charge < -0.3 is 20.3 Å². The largest absolute Gasteiger partial charge is 0.490 e. The molecule has 2 heterocycles. The van der Waals surface area contributed by atoms with Gasteiger partial charge in [0.05, 0.1) is 23.6 Å². The average molecular weight is 519 g/mol. The molecular weight excluding hydrogens is 499 g/mol. The van der Waals surface area contributed by atoms with Gasteiger partial charge in [-0.05, 0) is 54.8 Å². The zero-order valence-electron chi connectivity index (χ0n) is 18.0. The molecule has 7 nitrogen and oxygen atoms in total. The van der Waals surface area contributed by atoms with Gasteiger partial charge in [0.15, 0.2) is 0 Å². The summed E-state index contributed by atoms with van der Waals surface area (Å²) in [5.41, 5.74) is 8.05. The second-order valence-corrected chi connectivity index (χ2v) is 8.19. The lowest BCUT2D eigenvalue weighted by Gasteiger charge is -2.30. The topological polar surface area (TPSA) is 101 Å². The molecule has 13 heteroatoms. The van der Waals surface area contributed by atoms with Crippen LogP contribution < -0.4 is 5.73 Å². The van der Waals surface area contributed by atoms with Gasteiger partial charge in [-0.3, -0.25) is 4.79 Å². The van der Waals surface area contributed by atoms with Crippen molar-refractivity contribution in [3.8, 4) is 0 Å². The first-order valence-corrected chi connectivity index (χ1v) is 10.7. The minimum absolute atomic E-state index is 0.196. The number of carbonyl (C=O) groups is 2. The fourth-order valence-corrected chi connectivity index (χ4v) is 3.75. The molecule has 1 aliphatic heterocycles. The van der Waals surface area contributed by atoms with Crippen molar-refractivity contribution in [3.05, 3.63) is 64.4 Å². The van der Waals surface area contributed by atoms with Crippen molar-refractivity contribution in [1.29, 1.82) is 0 Å². The molecule has 2 aromatic carbocycles. The Morgan fingerprint density at radius 2 is 1.83 bits per heavy atom. The SMILES string of the molecule is N[C@H](CCc1cc(F)ccc1F)C(=O)N1CCn2c(nc3cc(Cl)ccc32)C1.O=C(O)C(F)(F)F. The lowest BCUT2D eigenvalue weighted by molar-refractivity contribution is -0.192. The van der Waals surface area contributed by atoms with Crippen LogP contribution in [0.1, 0.15) is 17.8 Å². The molecule has 3 aromatic rings. The number of alkyl halides is 3. The van der Waals surface area contributed by atoms with Crippen LogP contribution >= 0.6 is 11.6 Å². The first-order chi connectivity index (χ1) is 16.4. The predicted octanol–water partition coefficient (Wildman–Crippen LogP) is 3.90. The monoisotopic (exact) mass is 518 g/mol. The van der Waals surface area contributed by atoms with Crippen LogP contribution in [0.5, 0.6) is 0 Å². The molecule has 0 bridgehead atoms. The highest BCUT2D eigenvalue weighted by Crippen LogP contribution is 2.24. The molecule has 0 saturated heterocycles. The van der Waals surface area contributed by atoms with Crippen LogP contribution in [0, 0.1) is 11.6 Å². The number of fused-ring (bicyclic) bond motifs is 3. The number of aromatic nitrogens is 2. The van der Waals surface area contributed by atoms with Gasteiger partial charge in [0.1, 0.15) is 17.5 Å². The normalized spacial score (nSPS) is 14.2. The number of hydrogen-bond acceptors (Lipinski definition) is 4. The van der Waals surface area contributed by atoms with Gasteiger partial charge in [-0.15, -0.1) is 0 Å². The fraction of sp³-hybridized carbons (Fsp3) is 0.318. The van der Waals surface area contributed by atoms with E-state index in [9.17, 15) is 26.7 Å². The van der Waals surface area contributed by atoms with Crippen molar-refractivity contribution in [2.24, 2.45) is 5.73 Å². The highest BCUT2D eigenvalue weighted by molar-refractivity contribution is 6.31. The van der Waals surface area contributed by atoms with Crippen LogP contribution in [-0.4, -0.2) is 50.2 Å². The van der Waals surface area contributed by atoms with E-state index in [1.807, 2.05) is 12.1 Å². The van der Waals surface area contributed by atoms with Crippen molar-refractivity contribution >= 4 is 34.5 Å². The second kappa shape index (κ2) is 10.6. The van der Waals surface area contributed by atoms with Gasteiger partial charge in [-0.2, -0.15) is 13.2 Å². The van der Waals surface area contributed by atoms with Gasteiger partial charge in [0.25, 0.3) is 0 Å². The molecule has 0 fully saturated rings. The van der Waals surface area contributed by atoms with Gasteiger partial charge in [-0.25, -0.2) is 18.6 Å². The number of aryl methyl sites for hydroxylation is 1. The number of nitrogens with two attached hydrogens (primary N) is 1. The predicted molar refractivity (Wildman–Crippen MR) is 117 cm³/mol. The van der Waals surface area contributed by atoms with Crippen LogP contribution in [0.2, 0.25) is 5.02 Å². The van der Waals surface area contributed by atoms with Crippen LogP contribution in [0.4, 0.5) is 22.0 Å². The van der Waals surface area contributed by atoms with Crippen LogP contribution in [-0.2, 0) is 29.1 Å². The number of benzene rings is 2. The number of halogens is 6. The third kappa shape index (κ3) is 6.45. The Kier molecular flexibility index (Phi) is 7.96. The van der Waals surface area contributed by atoms with Crippen molar-refractivity contribution in [1.82, 2.24) is 14.5 Å². The second-order valence-electron chi connectivity index (χ2n) is 7.76. The molecule has 0 saturated carbocycles.